The molecule has 0 bridgehead atoms. The van der Waals surface area contributed by atoms with E-state index < -0.39 is 0 Å². The highest BCUT2D eigenvalue weighted by molar-refractivity contribution is 5.27. The summed E-state index contributed by atoms with van der Waals surface area (Å²) < 4.78 is 0. The Labute approximate surface area is 109 Å². The first-order chi connectivity index (χ1) is 8.70. The van der Waals surface area contributed by atoms with Gasteiger partial charge in [0.15, 0.2) is 0 Å². The second kappa shape index (κ2) is 5.83. The van der Waals surface area contributed by atoms with E-state index in [4.69, 9.17) is 0 Å². The zero-order chi connectivity index (χ0) is 13.0. The van der Waals surface area contributed by atoms with Crippen LogP contribution in [0.1, 0.15) is 42.8 Å². The standard InChI is InChI=1S/C15H21N3/c1-11(2)12-4-6-13(7-5-12)14(16-3)10-15-17-8-9-18-15/h4-9,11,14,16H,10H2,1-3H3,(H,17,18). The zero-order valence-electron chi connectivity index (χ0n) is 11.3. The van der Waals surface area contributed by atoms with Crippen LogP contribution in [0.25, 0.3) is 0 Å². The van der Waals surface area contributed by atoms with Crippen LogP contribution in [-0.4, -0.2) is 17.0 Å². The average Bonchev–Trinajstić information content (AvgIpc) is 2.89. The lowest BCUT2D eigenvalue weighted by atomic mass is 9.98. The fourth-order valence-electron chi connectivity index (χ4n) is 2.10. The Kier molecular flexibility index (Phi) is 4.15. The number of aromatic nitrogens is 2. The second-order valence-corrected chi connectivity index (χ2v) is 4.90. The Morgan fingerprint density at radius 1 is 1.17 bits per heavy atom. The minimum atomic E-state index is 0.303. The van der Waals surface area contributed by atoms with Crippen molar-refractivity contribution in [3.05, 3.63) is 53.6 Å². The van der Waals surface area contributed by atoms with E-state index in [-0.39, 0.29) is 0 Å². The van der Waals surface area contributed by atoms with Crippen molar-refractivity contribution in [1.29, 1.82) is 0 Å². The van der Waals surface area contributed by atoms with Gasteiger partial charge in [0.05, 0.1) is 0 Å². The molecule has 3 heteroatoms. The molecule has 2 N–H and O–H groups in total. The van der Waals surface area contributed by atoms with Gasteiger partial charge in [-0.15, -0.1) is 0 Å². The molecule has 1 aromatic carbocycles. The lowest BCUT2D eigenvalue weighted by molar-refractivity contribution is 0.577. The average molecular weight is 243 g/mol. The topological polar surface area (TPSA) is 40.7 Å². The molecule has 0 aliphatic heterocycles. The van der Waals surface area contributed by atoms with E-state index in [2.05, 4.69) is 53.4 Å². The van der Waals surface area contributed by atoms with E-state index in [9.17, 15) is 0 Å². The van der Waals surface area contributed by atoms with E-state index in [0.717, 1.165) is 12.2 Å². The first-order valence-corrected chi connectivity index (χ1v) is 6.46. The molecule has 3 nitrogen and oxygen atoms in total. The molecule has 1 unspecified atom stereocenters. The van der Waals surface area contributed by atoms with Gasteiger partial charge in [0.2, 0.25) is 0 Å². The number of hydrogen-bond donors (Lipinski definition) is 2. The predicted molar refractivity (Wildman–Crippen MR) is 74.6 cm³/mol. The van der Waals surface area contributed by atoms with Crippen LogP contribution >= 0.6 is 0 Å². The molecule has 0 amide bonds. The Balaban J connectivity index is 2.12. The molecular weight excluding hydrogens is 222 g/mol. The minimum absolute atomic E-state index is 0.303. The first-order valence-electron chi connectivity index (χ1n) is 6.46. The van der Waals surface area contributed by atoms with E-state index in [0.29, 0.717) is 12.0 Å². The smallest absolute Gasteiger partial charge is 0.107 e. The van der Waals surface area contributed by atoms with Crippen LogP contribution in [0.15, 0.2) is 36.7 Å². The Morgan fingerprint density at radius 3 is 2.33 bits per heavy atom. The lowest BCUT2D eigenvalue weighted by Crippen LogP contribution is -2.19. The summed E-state index contributed by atoms with van der Waals surface area (Å²) in [4.78, 5) is 7.43. The number of nitrogens with zero attached hydrogens (tertiary/aromatic N) is 1. The van der Waals surface area contributed by atoms with Crippen molar-refractivity contribution in [1.82, 2.24) is 15.3 Å². The highest BCUT2D eigenvalue weighted by atomic mass is 14.9. The number of aromatic amines is 1. The second-order valence-electron chi connectivity index (χ2n) is 4.90. The highest BCUT2D eigenvalue weighted by Crippen LogP contribution is 2.20. The van der Waals surface area contributed by atoms with Crippen molar-refractivity contribution < 1.29 is 0 Å². The quantitative estimate of drug-likeness (QED) is 0.847. The fourth-order valence-corrected chi connectivity index (χ4v) is 2.10. The van der Waals surface area contributed by atoms with Gasteiger partial charge in [0.1, 0.15) is 5.82 Å². The molecule has 0 aliphatic rings. The van der Waals surface area contributed by atoms with Crippen LogP contribution in [0.3, 0.4) is 0 Å². The highest BCUT2D eigenvalue weighted by Gasteiger charge is 2.11. The molecule has 1 atom stereocenters. The van der Waals surface area contributed by atoms with Gasteiger partial charge in [-0.2, -0.15) is 0 Å². The van der Waals surface area contributed by atoms with Crippen LogP contribution < -0.4 is 5.32 Å². The Hall–Kier alpha value is -1.61. The molecule has 1 heterocycles. The maximum absolute atomic E-state index is 4.28. The van der Waals surface area contributed by atoms with Gasteiger partial charge in [-0.05, 0) is 24.1 Å². The lowest BCUT2D eigenvalue weighted by Gasteiger charge is -2.16. The van der Waals surface area contributed by atoms with Gasteiger partial charge in [-0.3, -0.25) is 0 Å². The summed E-state index contributed by atoms with van der Waals surface area (Å²) in [5.41, 5.74) is 2.69. The number of nitrogens with one attached hydrogen (secondary N) is 2. The van der Waals surface area contributed by atoms with Gasteiger partial charge < -0.3 is 10.3 Å². The van der Waals surface area contributed by atoms with Crippen molar-refractivity contribution >= 4 is 0 Å². The molecule has 2 rings (SSSR count). The number of hydrogen-bond acceptors (Lipinski definition) is 2. The molecule has 0 saturated carbocycles. The summed E-state index contributed by atoms with van der Waals surface area (Å²) in [6, 6.07) is 9.15. The third-order valence-corrected chi connectivity index (χ3v) is 3.31. The van der Waals surface area contributed by atoms with Crippen molar-refractivity contribution in [3.8, 4) is 0 Å². The third-order valence-electron chi connectivity index (χ3n) is 3.31. The number of likely N-dealkylation sites (N-methyl/N-ethyl adjacent to an activating group) is 1. The van der Waals surface area contributed by atoms with Crippen LogP contribution in [0.4, 0.5) is 0 Å². The predicted octanol–water partition coefficient (Wildman–Crippen LogP) is 3.04. The van der Waals surface area contributed by atoms with Gasteiger partial charge in [0, 0.05) is 24.9 Å². The Morgan fingerprint density at radius 2 is 1.83 bits per heavy atom. The maximum atomic E-state index is 4.28. The first kappa shape index (κ1) is 12.8. The molecule has 1 aromatic heterocycles. The van der Waals surface area contributed by atoms with E-state index in [1.807, 2.05) is 13.2 Å². The van der Waals surface area contributed by atoms with Crippen LogP contribution in [-0.2, 0) is 6.42 Å². The maximum Gasteiger partial charge on any atom is 0.107 e. The largest absolute Gasteiger partial charge is 0.349 e. The molecular formula is C15H21N3. The third kappa shape index (κ3) is 2.99. The minimum Gasteiger partial charge on any atom is -0.349 e. The van der Waals surface area contributed by atoms with E-state index in [1.54, 1.807) is 6.20 Å². The van der Waals surface area contributed by atoms with Crippen LogP contribution in [0.5, 0.6) is 0 Å². The SMILES string of the molecule is CNC(Cc1ncc[nH]1)c1ccc(C(C)C)cc1. The summed E-state index contributed by atoms with van der Waals surface area (Å²) in [5.74, 6) is 1.60. The van der Waals surface area contributed by atoms with Crippen LogP contribution in [0.2, 0.25) is 0 Å². The summed E-state index contributed by atoms with van der Waals surface area (Å²) in [6.45, 7) is 4.43. The number of benzene rings is 1. The zero-order valence-corrected chi connectivity index (χ0v) is 11.3. The molecule has 0 aliphatic carbocycles. The molecule has 0 saturated heterocycles. The summed E-state index contributed by atoms with van der Waals surface area (Å²) in [6.07, 6.45) is 4.54. The molecule has 0 spiro atoms. The number of rotatable bonds is 5. The summed E-state index contributed by atoms with van der Waals surface area (Å²) >= 11 is 0. The normalized spacial score (nSPS) is 12.9. The van der Waals surface area contributed by atoms with Crippen molar-refractivity contribution in [2.75, 3.05) is 7.05 Å². The molecule has 18 heavy (non-hydrogen) atoms. The van der Waals surface area contributed by atoms with Crippen molar-refractivity contribution in [2.24, 2.45) is 0 Å². The van der Waals surface area contributed by atoms with E-state index >= 15 is 0 Å². The van der Waals surface area contributed by atoms with Gasteiger partial charge >= 0.3 is 0 Å². The fraction of sp³-hybridized carbons (Fsp3) is 0.400. The van der Waals surface area contributed by atoms with Gasteiger partial charge in [-0.1, -0.05) is 38.1 Å². The summed E-state index contributed by atoms with van der Waals surface area (Å²) in [5, 5.41) is 3.35. The summed E-state index contributed by atoms with van der Waals surface area (Å²) in [7, 11) is 1.99. The van der Waals surface area contributed by atoms with Gasteiger partial charge in [-0.25, -0.2) is 4.98 Å². The molecule has 2 aromatic rings. The Bertz CT molecular complexity index is 457. The van der Waals surface area contributed by atoms with E-state index in [1.165, 1.54) is 11.1 Å². The molecule has 96 valence electrons. The van der Waals surface area contributed by atoms with Gasteiger partial charge in [0.25, 0.3) is 0 Å². The number of H-pyrrole nitrogens is 1. The van der Waals surface area contributed by atoms with Crippen molar-refractivity contribution in [2.45, 2.75) is 32.2 Å². The van der Waals surface area contributed by atoms with Crippen molar-refractivity contribution in [3.63, 3.8) is 0 Å². The van der Waals surface area contributed by atoms with Crippen LogP contribution in [0, 0.1) is 0 Å². The number of imidazole rings is 1. The monoisotopic (exact) mass is 243 g/mol. The molecule has 0 radical (unpaired) electrons. The molecule has 0 fully saturated rings.